The normalized spacial score (nSPS) is 49.2. The summed E-state index contributed by atoms with van der Waals surface area (Å²) in [6.07, 6.45) is 9.48. The van der Waals surface area contributed by atoms with Crippen LogP contribution in [0.15, 0.2) is 11.6 Å². The van der Waals surface area contributed by atoms with Gasteiger partial charge in [0.15, 0.2) is 5.78 Å². The Kier molecular flexibility index (Phi) is 2.96. The zero-order valence-electron chi connectivity index (χ0n) is 13.2. The maximum Gasteiger partial charge on any atom is 0.155 e. The van der Waals surface area contributed by atoms with Gasteiger partial charge in [-0.15, -0.1) is 0 Å². The van der Waals surface area contributed by atoms with Crippen molar-refractivity contribution >= 4 is 11.6 Å². The van der Waals surface area contributed by atoms with E-state index in [9.17, 15) is 9.59 Å². The lowest BCUT2D eigenvalue weighted by Crippen LogP contribution is -2.46. The molecule has 0 unspecified atom stereocenters. The van der Waals surface area contributed by atoms with Gasteiger partial charge in [0.25, 0.3) is 0 Å². The van der Waals surface area contributed by atoms with Gasteiger partial charge >= 0.3 is 0 Å². The molecule has 0 spiro atoms. The highest BCUT2D eigenvalue weighted by Gasteiger charge is 2.58. The lowest BCUT2D eigenvalue weighted by Gasteiger charge is -2.52. The van der Waals surface area contributed by atoms with E-state index in [1.54, 1.807) is 0 Å². The monoisotopic (exact) mass is 286 g/mol. The van der Waals surface area contributed by atoms with Crippen molar-refractivity contribution in [3.8, 4) is 0 Å². The second kappa shape index (κ2) is 4.54. The standard InChI is InChI=1S/C19H26O2/c1-11-9-17-16-5-3-12-10-13(20)4-6-14(12)15(16)7-8-19(17,2)18(11)21/h10-11,14-17H,3-9H2,1-2H3/t11-,14-,15+,16+,17-,19-/m0/s1. The third-order valence-corrected chi connectivity index (χ3v) is 7.31. The first kappa shape index (κ1) is 13.7. The van der Waals surface area contributed by atoms with Crippen LogP contribution in [0.3, 0.4) is 0 Å². The van der Waals surface area contributed by atoms with Gasteiger partial charge in [-0.05, 0) is 68.3 Å². The van der Waals surface area contributed by atoms with Crippen LogP contribution in [-0.4, -0.2) is 11.6 Å². The molecular formula is C19H26O2. The van der Waals surface area contributed by atoms with E-state index in [4.69, 9.17) is 0 Å². The molecule has 0 aromatic rings. The van der Waals surface area contributed by atoms with Crippen molar-refractivity contribution in [2.75, 3.05) is 0 Å². The largest absolute Gasteiger partial charge is 0.299 e. The number of hydrogen-bond donors (Lipinski definition) is 0. The molecule has 0 radical (unpaired) electrons. The highest BCUT2D eigenvalue weighted by atomic mass is 16.1. The molecule has 2 heteroatoms. The SMILES string of the molecule is C[C@H]1C[C@H]2[C@@H]3CCC4=CC(=O)CC[C@@H]4[C@H]3CC[C@]2(C)C1=O. The molecule has 4 aliphatic carbocycles. The number of Topliss-reactive ketones (excluding diaryl/α,β-unsaturated/α-hetero) is 1. The summed E-state index contributed by atoms with van der Waals surface area (Å²) in [6, 6.07) is 0. The number of allylic oxidation sites excluding steroid dienone is 1. The number of carbonyl (C=O) groups excluding carboxylic acids is 2. The van der Waals surface area contributed by atoms with E-state index >= 15 is 0 Å². The Hall–Kier alpha value is -0.920. The Morgan fingerprint density at radius 2 is 1.90 bits per heavy atom. The molecule has 0 bridgehead atoms. The molecule has 114 valence electrons. The van der Waals surface area contributed by atoms with Gasteiger partial charge in [-0.25, -0.2) is 0 Å². The number of rotatable bonds is 0. The average molecular weight is 286 g/mol. The number of fused-ring (bicyclic) bond motifs is 5. The number of hydrogen-bond acceptors (Lipinski definition) is 2. The Morgan fingerprint density at radius 3 is 2.71 bits per heavy atom. The number of carbonyl (C=O) groups is 2. The van der Waals surface area contributed by atoms with Crippen molar-refractivity contribution in [3.63, 3.8) is 0 Å². The molecule has 3 fully saturated rings. The minimum Gasteiger partial charge on any atom is -0.299 e. The Morgan fingerprint density at radius 1 is 1.10 bits per heavy atom. The third kappa shape index (κ3) is 1.83. The van der Waals surface area contributed by atoms with Gasteiger partial charge in [0.05, 0.1) is 0 Å². The lowest BCUT2D eigenvalue weighted by atomic mass is 9.52. The van der Waals surface area contributed by atoms with Crippen molar-refractivity contribution in [3.05, 3.63) is 11.6 Å². The smallest absolute Gasteiger partial charge is 0.155 e. The fraction of sp³-hybridized carbons (Fsp3) is 0.789. The van der Waals surface area contributed by atoms with E-state index in [1.165, 1.54) is 18.4 Å². The fourth-order valence-electron chi connectivity index (χ4n) is 6.29. The molecule has 0 N–H and O–H groups in total. The molecule has 0 aromatic carbocycles. The molecular weight excluding hydrogens is 260 g/mol. The van der Waals surface area contributed by atoms with Crippen LogP contribution in [0.1, 0.15) is 58.8 Å². The first-order valence-electron chi connectivity index (χ1n) is 8.78. The summed E-state index contributed by atoms with van der Waals surface area (Å²) < 4.78 is 0. The van der Waals surface area contributed by atoms with Crippen LogP contribution in [0.5, 0.6) is 0 Å². The summed E-state index contributed by atoms with van der Waals surface area (Å²) in [7, 11) is 0. The van der Waals surface area contributed by atoms with E-state index in [0.29, 0.717) is 23.4 Å². The highest BCUT2D eigenvalue weighted by molar-refractivity contribution is 5.91. The fourth-order valence-corrected chi connectivity index (χ4v) is 6.29. The predicted octanol–water partition coefficient (Wildman–Crippen LogP) is 3.94. The summed E-state index contributed by atoms with van der Waals surface area (Å²) in [5, 5.41) is 0. The van der Waals surface area contributed by atoms with Crippen molar-refractivity contribution < 1.29 is 9.59 Å². The molecule has 4 rings (SSSR count). The number of ketones is 2. The summed E-state index contributed by atoms with van der Waals surface area (Å²) >= 11 is 0. The van der Waals surface area contributed by atoms with Gasteiger partial charge in [-0.3, -0.25) is 9.59 Å². The molecule has 0 heterocycles. The second-order valence-corrected chi connectivity index (χ2v) is 8.26. The van der Waals surface area contributed by atoms with Crippen LogP contribution in [0.2, 0.25) is 0 Å². The van der Waals surface area contributed by atoms with Crippen molar-refractivity contribution in [1.29, 1.82) is 0 Å². The minimum atomic E-state index is -0.0354. The minimum absolute atomic E-state index is 0.0354. The Balaban J connectivity index is 1.65. The molecule has 3 saturated carbocycles. The topological polar surface area (TPSA) is 34.1 Å². The molecule has 0 amide bonds. The van der Waals surface area contributed by atoms with Crippen molar-refractivity contribution in [2.45, 2.75) is 58.8 Å². The first-order valence-corrected chi connectivity index (χ1v) is 8.78. The van der Waals surface area contributed by atoms with Gasteiger partial charge in [0, 0.05) is 17.8 Å². The van der Waals surface area contributed by atoms with Crippen LogP contribution in [0.4, 0.5) is 0 Å². The molecule has 2 nitrogen and oxygen atoms in total. The Labute approximate surface area is 127 Å². The van der Waals surface area contributed by atoms with Crippen LogP contribution < -0.4 is 0 Å². The molecule has 21 heavy (non-hydrogen) atoms. The zero-order chi connectivity index (χ0) is 14.8. The van der Waals surface area contributed by atoms with Crippen LogP contribution in [0, 0.1) is 35.0 Å². The molecule has 0 aliphatic heterocycles. The maximum absolute atomic E-state index is 12.6. The highest BCUT2D eigenvalue weighted by Crippen LogP contribution is 2.61. The van der Waals surface area contributed by atoms with Gasteiger partial charge in [-0.1, -0.05) is 19.4 Å². The molecule has 0 aromatic heterocycles. The van der Waals surface area contributed by atoms with E-state index in [0.717, 1.165) is 43.9 Å². The summed E-state index contributed by atoms with van der Waals surface area (Å²) in [6.45, 7) is 4.38. The predicted molar refractivity (Wildman–Crippen MR) is 81.6 cm³/mol. The third-order valence-electron chi connectivity index (χ3n) is 7.31. The van der Waals surface area contributed by atoms with E-state index in [1.807, 2.05) is 6.08 Å². The van der Waals surface area contributed by atoms with Gasteiger partial charge in [0.1, 0.15) is 5.78 Å². The first-order chi connectivity index (χ1) is 10.0. The average Bonchev–Trinajstić information content (AvgIpc) is 2.70. The molecule has 0 saturated heterocycles. The van der Waals surface area contributed by atoms with Crippen LogP contribution in [-0.2, 0) is 9.59 Å². The van der Waals surface area contributed by atoms with Crippen molar-refractivity contribution in [1.82, 2.24) is 0 Å². The quantitative estimate of drug-likeness (QED) is 0.676. The Bertz CT molecular complexity index is 532. The summed E-state index contributed by atoms with van der Waals surface area (Å²) in [4.78, 5) is 24.3. The maximum atomic E-state index is 12.6. The second-order valence-electron chi connectivity index (χ2n) is 8.26. The van der Waals surface area contributed by atoms with Crippen LogP contribution in [0.25, 0.3) is 0 Å². The van der Waals surface area contributed by atoms with Crippen LogP contribution >= 0.6 is 0 Å². The zero-order valence-corrected chi connectivity index (χ0v) is 13.2. The lowest BCUT2D eigenvalue weighted by molar-refractivity contribution is -0.133. The van der Waals surface area contributed by atoms with E-state index in [2.05, 4.69) is 13.8 Å². The molecule has 4 aliphatic rings. The van der Waals surface area contributed by atoms with Gasteiger partial charge in [-0.2, -0.15) is 0 Å². The van der Waals surface area contributed by atoms with Crippen molar-refractivity contribution in [2.24, 2.45) is 35.0 Å². The van der Waals surface area contributed by atoms with Gasteiger partial charge < -0.3 is 0 Å². The summed E-state index contributed by atoms with van der Waals surface area (Å²) in [5.74, 6) is 3.87. The summed E-state index contributed by atoms with van der Waals surface area (Å²) in [5.41, 5.74) is 1.40. The van der Waals surface area contributed by atoms with E-state index < -0.39 is 0 Å². The molecule has 6 atom stereocenters. The van der Waals surface area contributed by atoms with E-state index in [-0.39, 0.29) is 11.3 Å². The van der Waals surface area contributed by atoms with Gasteiger partial charge in [0.2, 0.25) is 0 Å².